The van der Waals surface area contributed by atoms with E-state index < -0.39 is 0 Å². The second kappa shape index (κ2) is 22.5. The zero-order valence-electron chi connectivity index (χ0n) is 17.9. The first-order valence-electron chi connectivity index (χ1n) is 11.5. The number of ether oxygens (including phenoxy) is 2. The van der Waals surface area contributed by atoms with Crippen LogP contribution in [0.1, 0.15) is 123 Å². The molecule has 0 aliphatic heterocycles. The highest BCUT2D eigenvalue weighted by Crippen LogP contribution is 2.13. The quantitative estimate of drug-likeness (QED) is 0.158. The molecule has 0 atom stereocenters. The Morgan fingerprint density at radius 1 is 0.538 bits per heavy atom. The van der Waals surface area contributed by atoms with Gasteiger partial charge in [0.1, 0.15) is 6.61 Å². The second-order valence-electron chi connectivity index (χ2n) is 7.53. The van der Waals surface area contributed by atoms with Crippen LogP contribution < -0.4 is 0 Å². The molecule has 0 aliphatic carbocycles. The first-order chi connectivity index (χ1) is 12.8. The predicted molar refractivity (Wildman–Crippen MR) is 112 cm³/mol. The highest BCUT2D eigenvalue weighted by atomic mass is 16.6. The standard InChI is InChI=1S/C23H46O3/c1-3-5-7-8-9-10-11-12-13-14-15-16-17-19-23(24)26-22-21-25-20-18-6-4-2/h3-22H2,1-2H3. The third kappa shape index (κ3) is 21.5. The third-order valence-corrected chi connectivity index (χ3v) is 4.87. The molecule has 0 spiro atoms. The molecule has 0 heterocycles. The average Bonchev–Trinajstić information content (AvgIpc) is 2.64. The number of esters is 1. The van der Waals surface area contributed by atoms with E-state index in [1.807, 2.05) is 0 Å². The van der Waals surface area contributed by atoms with Gasteiger partial charge >= 0.3 is 5.97 Å². The second-order valence-corrected chi connectivity index (χ2v) is 7.53. The van der Waals surface area contributed by atoms with Crippen molar-refractivity contribution in [3.63, 3.8) is 0 Å². The van der Waals surface area contributed by atoms with E-state index in [4.69, 9.17) is 9.47 Å². The normalized spacial score (nSPS) is 11.0. The maximum absolute atomic E-state index is 11.6. The largest absolute Gasteiger partial charge is 0.463 e. The highest BCUT2D eigenvalue weighted by molar-refractivity contribution is 5.69. The average molecular weight is 371 g/mol. The van der Waals surface area contributed by atoms with Crippen molar-refractivity contribution in [2.24, 2.45) is 0 Å². The summed E-state index contributed by atoms with van der Waals surface area (Å²) in [7, 11) is 0. The van der Waals surface area contributed by atoms with Gasteiger partial charge in [-0.15, -0.1) is 0 Å². The van der Waals surface area contributed by atoms with Crippen LogP contribution in [0.5, 0.6) is 0 Å². The Morgan fingerprint density at radius 3 is 1.54 bits per heavy atom. The molecule has 0 bridgehead atoms. The van der Waals surface area contributed by atoms with Crippen molar-refractivity contribution in [3.05, 3.63) is 0 Å². The molecule has 0 rings (SSSR count). The van der Waals surface area contributed by atoms with Gasteiger partial charge in [0.2, 0.25) is 0 Å². The van der Waals surface area contributed by atoms with E-state index in [1.54, 1.807) is 0 Å². The SMILES string of the molecule is CCCCCCCCCCCCCCCC(=O)OCCOCCCCC. The lowest BCUT2D eigenvalue weighted by atomic mass is 10.0. The van der Waals surface area contributed by atoms with Gasteiger partial charge in [-0.25, -0.2) is 0 Å². The van der Waals surface area contributed by atoms with Gasteiger partial charge in [0.05, 0.1) is 6.61 Å². The van der Waals surface area contributed by atoms with Crippen molar-refractivity contribution in [1.29, 1.82) is 0 Å². The Labute approximate surface area is 163 Å². The van der Waals surface area contributed by atoms with Crippen LogP contribution in [0.25, 0.3) is 0 Å². The van der Waals surface area contributed by atoms with Gasteiger partial charge in [-0.05, 0) is 12.8 Å². The van der Waals surface area contributed by atoms with Gasteiger partial charge in [-0.3, -0.25) is 4.79 Å². The van der Waals surface area contributed by atoms with E-state index in [1.165, 1.54) is 83.5 Å². The molecule has 0 unspecified atom stereocenters. The Morgan fingerprint density at radius 2 is 1.00 bits per heavy atom. The van der Waals surface area contributed by atoms with Crippen molar-refractivity contribution in [1.82, 2.24) is 0 Å². The molecule has 156 valence electrons. The summed E-state index contributed by atoms with van der Waals surface area (Å²) >= 11 is 0. The molecule has 3 heteroatoms. The predicted octanol–water partition coefficient (Wildman–Crippen LogP) is 7.22. The van der Waals surface area contributed by atoms with Crippen molar-refractivity contribution in [3.8, 4) is 0 Å². The van der Waals surface area contributed by atoms with Gasteiger partial charge < -0.3 is 9.47 Å². The summed E-state index contributed by atoms with van der Waals surface area (Å²) in [5.74, 6) is -0.0646. The molecule has 0 amide bonds. The molecule has 0 fully saturated rings. The Balaban J connectivity index is 3.12. The van der Waals surface area contributed by atoms with Gasteiger partial charge in [0, 0.05) is 13.0 Å². The summed E-state index contributed by atoms with van der Waals surface area (Å²) in [6.45, 7) is 6.17. The number of carbonyl (C=O) groups is 1. The highest BCUT2D eigenvalue weighted by Gasteiger charge is 2.02. The topological polar surface area (TPSA) is 35.5 Å². The fraction of sp³-hybridized carbons (Fsp3) is 0.957. The van der Waals surface area contributed by atoms with Crippen LogP contribution >= 0.6 is 0 Å². The van der Waals surface area contributed by atoms with Crippen LogP contribution in [-0.2, 0) is 14.3 Å². The van der Waals surface area contributed by atoms with Crippen molar-refractivity contribution >= 4 is 5.97 Å². The number of carbonyl (C=O) groups excluding carboxylic acids is 1. The fourth-order valence-electron chi connectivity index (χ4n) is 3.13. The Kier molecular flexibility index (Phi) is 22.0. The summed E-state index contributed by atoms with van der Waals surface area (Å²) in [6, 6.07) is 0. The summed E-state index contributed by atoms with van der Waals surface area (Å²) in [4.78, 5) is 11.6. The molecule has 0 N–H and O–H groups in total. The maximum Gasteiger partial charge on any atom is 0.305 e. The molecule has 0 aromatic rings. The number of hydrogen-bond donors (Lipinski definition) is 0. The van der Waals surface area contributed by atoms with Crippen LogP contribution in [0.4, 0.5) is 0 Å². The van der Waals surface area contributed by atoms with Crippen LogP contribution in [0, 0.1) is 0 Å². The maximum atomic E-state index is 11.6. The van der Waals surface area contributed by atoms with Crippen LogP contribution in [-0.4, -0.2) is 25.8 Å². The number of unbranched alkanes of at least 4 members (excludes halogenated alkanes) is 14. The summed E-state index contributed by atoms with van der Waals surface area (Å²) in [6.07, 6.45) is 21.3. The monoisotopic (exact) mass is 370 g/mol. The zero-order chi connectivity index (χ0) is 19.1. The number of rotatable bonds is 21. The molecule has 0 saturated carbocycles. The lowest BCUT2D eigenvalue weighted by molar-refractivity contribution is -0.145. The van der Waals surface area contributed by atoms with Crippen molar-refractivity contribution in [2.75, 3.05) is 19.8 Å². The molecule has 0 aromatic carbocycles. The van der Waals surface area contributed by atoms with Gasteiger partial charge in [0.25, 0.3) is 0 Å². The summed E-state index contributed by atoms with van der Waals surface area (Å²) in [5.41, 5.74) is 0. The van der Waals surface area contributed by atoms with Crippen molar-refractivity contribution in [2.45, 2.75) is 123 Å². The van der Waals surface area contributed by atoms with Crippen LogP contribution in [0.2, 0.25) is 0 Å². The molecule has 0 saturated heterocycles. The first-order valence-corrected chi connectivity index (χ1v) is 11.5. The Hall–Kier alpha value is -0.570. The van der Waals surface area contributed by atoms with Crippen LogP contribution in [0.15, 0.2) is 0 Å². The molecular formula is C23H46O3. The smallest absolute Gasteiger partial charge is 0.305 e. The van der Waals surface area contributed by atoms with Gasteiger partial charge in [-0.1, -0.05) is 104 Å². The van der Waals surface area contributed by atoms with E-state index in [2.05, 4.69) is 13.8 Å². The lowest BCUT2D eigenvalue weighted by Crippen LogP contribution is -2.10. The third-order valence-electron chi connectivity index (χ3n) is 4.87. The van der Waals surface area contributed by atoms with Crippen molar-refractivity contribution < 1.29 is 14.3 Å². The van der Waals surface area contributed by atoms with Gasteiger partial charge in [-0.2, -0.15) is 0 Å². The zero-order valence-corrected chi connectivity index (χ0v) is 17.9. The van der Waals surface area contributed by atoms with Crippen LogP contribution in [0.3, 0.4) is 0 Å². The summed E-state index contributed by atoms with van der Waals surface area (Å²) < 4.78 is 10.6. The first kappa shape index (κ1) is 25.4. The van der Waals surface area contributed by atoms with E-state index in [-0.39, 0.29) is 5.97 Å². The van der Waals surface area contributed by atoms with E-state index in [0.717, 1.165) is 25.9 Å². The molecule has 26 heavy (non-hydrogen) atoms. The van der Waals surface area contributed by atoms with E-state index in [0.29, 0.717) is 19.6 Å². The van der Waals surface area contributed by atoms with E-state index in [9.17, 15) is 4.79 Å². The van der Waals surface area contributed by atoms with E-state index >= 15 is 0 Å². The molecule has 0 radical (unpaired) electrons. The molecule has 0 aromatic heterocycles. The minimum Gasteiger partial charge on any atom is -0.463 e. The minimum atomic E-state index is -0.0646. The molecule has 3 nitrogen and oxygen atoms in total. The number of hydrogen-bond acceptors (Lipinski definition) is 3. The molecular weight excluding hydrogens is 324 g/mol. The molecule has 0 aliphatic rings. The lowest BCUT2D eigenvalue weighted by Gasteiger charge is -2.06. The summed E-state index contributed by atoms with van der Waals surface area (Å²) in [5, 5.41) is 0. The Bertz CT molecular complexity index is 279. The minimum absolute atomic E-state index is 0.0646. The fourth-order valence-corrected chi connectivity index (χ4v) is 3.13. The van der Waals surface area contributed by atoms with Gasteiger partial charge in [0.15, 0.2) is 0 Å².